The summed E-state index contributed by atoms with van der Waals surface area (Å²) in [6.45, 7) is 2.38. The molecule has 2 heterocycles. The second kappa shape index (κ2) is 8.38. The minimum atomic E-state index is -0.614. The number of anilines is 1. The van der Waals surface area contributed by atoms with E-state index in [2.05, 4.69) is 15.3 Å². The van der Waals surface area contributed by atoms with Crippen molar-refractivity contribution in [2.75, 3.05) is 19.0 Å². The highest BCUT2D eigenvalue weighted by Gasteiger charge is 2.19. The van der Waals surface area contributed by atoms with E-state index in [4.69, 9.17) is 19.9 Å². The fraction of sp³-hybridized carbons (Fsp3) is 0.211. The molecule has 0 radical (unpaired) electrons. The number of amides is 1. The van der Waals surface area contributed by atoms with Crippen LogP contribution in [0.1, 0.15) is 17.4 Å². The molecule has 146 valence electrons. The number of nitrogens with one attached hydrogen (secondary N) is 1. The molecule has 1 amide bonds. The zero-order chi connectivity index (χ0) is 20.1. The second-order valence-electron chi connectivity index (χ2n) is 6.01. The molecular formula is C19H19FN4O4. The molecule has 0 unspecified atom stereocenters. The summed E-state index contributed by atoms with van der Waals surface area (Å²) in [7, 11) is 1.50. The maximum Gasteiger partial charge on any atom is 0.292 e. The van der Waals surface area contributed by atoms with Crippen LogP contribution in [0.5, 0.6) is 5.75 Å². The number of aromatic nitrogens is 1. The maximum absolute atomic E-state index is 14.1. The number of ether oxygens (including phenoxy) is 3. The highest BCUT2D eigenvalue weighted by Crippen LogP contribution is 2.24. The number of carbonyl (C=O) groups is 1. The lowest BCUT2D eigenvalue weighted by molar-refractivity contribution is 0.102. The van der Waals surface area contributed by atoms with Crippen molar-refractivity contribution in [2.24, 2.45) is 16.6 Å². The lowest BCUT2D eigenvalue weighted by atomic mass is 10.2. The Morgan fingerprint density at radius 1 is 1.39 bits per heavy atom. The largest absolute Gasteiger partial charge is 0.497 e. The fourth-order valence-electron chi connectivity index (χ4n) is 2.37. The number of aliphatic imine (C=N–C) groups is 1. The summed E-state index contributed by atoms with van der Waals surface area (Å²) in [6.07, 6.45) is 2.87. The van der Waals surface area contributed by atoms with Crippen molar-refractivity contribution >= 4 is 23.3 Å². The van der Waals surface area contributed by atoms with Crippen molar-refractivity contribution in [1.29, 1.82) is 0 Å². The number of pyridine rings is 1. The van der Waals surface area contributed by atoms with Crippen molar-refractivity contribution in [3.05, 3.63) is 60.1 Å². The molecule has 0 bridgehead atoms. The first kappa shape index (κ1) is 19.2. The normalized spacial score (nSPS) is 16.2. The quantitative estimate of drug-likeness (QED) is 0.604. The molecule has 1 aliphatic rings. The third-order valence-electron chi connectivity index (χ3n) is 3.89. The fourth-order valence-corrected chi connectivity index (χ4v) is 2.37. The number of nitrogens with zero attached hydrogens (tertiary/aromatic N) is 2. The first-order valence-corrected chi connectivity index (χ1v) is 8.41. The monoisotopic (exact) mass is 386 g/mol. The van der Waals surface area contributed by atoms with Crippen LogP contribution >= 0.6 is 0 Å². The number of rotatable bonds is 5. The molecule has 9 heteroatoms. The van der Waals surface area contributed by atoms with Crippen molar-refractivity contribution < 1.29 is 23.4 Å². The molecule has 0 saturated heterocycles. The van der Waals surface area contributed by atoms with Crippen molar-refractivity contribution in [1.82, 2.24) is 4.98 Å². The highest BCUT2D eigenvalue weighted by atomic mass is 19.1. The molecule has 1 atom stereocenters. The number of hydrogen-bond acceptors (Lipinski definition) is 6. The van der Waals surface area contributed by atoms with Gasteiger partial charge in [-0.05, 0) is 30.3 Å². The molecular weight excluding hydrogens is 367 g/mol. The molecule has 1 aromatic carbocycles. The van der Waals surface area contributed by atoms with Gasteiger partial charge in [0.1, 0.15) is 35.0 Å². The van der Waals surface area contributed by atoms with Crippen molar-refractivity contribution in [3.8, 4) is 5.75 Å². The molecule has 1 aromatic heterocycles. The minimum absolute atomic E-state index is 0.0289. The van der Waals surface area contributed by atoms with Gasteiger partial charge in [-0.1, -0.05) is 6.92 Å². The van der Waals surface area contributed by atoms with Crippen LogP contribution in [0.3, 0.4) is 0 Å². The number of methoxy groups -OCH3 is 1. The van der Waals surface area contributed by atoms with Gasteiger partial charge in [-0.15, -0.1) is 0 Å². The highest BCUT2D eigenvalue weighted by molar-refractivity contribution is 6.03. The molecule has 1 aliphatic heterocycles. The Morgan fingerprint density at radius 2 is 2.21 bits per heavy atom. The number of halogens is 1. The molecule has 2 aromatic rings. The first-order chi connectivity index (χ1) is 13.5. The third kappa shape index (κ3) is 4.56. The standard InChI is InChI=1S/C19H19FN4O4/c1-11-9-27-10-17(11)28-19(21)24-16-7-12(3-5-14(16)20)23-18(25)15-6-4-13(26-2)8-22-15/h3-8,10-11H,9H2,1-2H3,(H2,21,24)(H,23,25)/t11-/m0/s1. The predicted octanol–water partition coefficient (Wildman–Crippen LogP) is 2.95. The van der Waals surface area contributed by atoms with E-state index in [1.54, 1.807) is 6.07 Å². The van der Waals surface area contributed by atoms with Crippen molar-refractivity contribution in [3.63, 3.8) is 0 Å². The van der Waals surface area contributed by atoms with Gasteiger partial charge in [-0.25, -0.2) is 9.37 Å². The van der Waals surface area contributed by atoms with Crippen LogP contribution in [0.2, 0.25) is 0 Å². The summed E-state index contributed by atoms with van der Waals surface area (Å²) in [6, 6.07) is 6.81. The van der Waals surface area contributed by atoms with Crippen molar-refractivity contribution in [2.45, 2.75) is 6.92 Å². The Hall–Kier alpha value is -3.62. The van der Waals surface area contributed by atoms with Gasteiger partial charge in [0.2, 0.25) is 0 Å². The predicted molar refractivity (Wildman–Crippen MR) is 101 cm³/mol. The van der Waals surface area contributed by atoms with Crippen LogP contribution in [-0.4, -0.2) is 30.6 Å². The average Bonchev–Trinajstić information content (AvgIpc) is 3.09. The molecule has 3 rings (SSSR count). The molecule has 0 spiro atoms. The molecule has 28 heavy (non-hydrogen) atoms. The van der Waals surface area contributed by atoms with Gasteiger partial charge >= 0.3 is 0 Å². The summed E-state index contributed by atoms with van der Waals surface area (Å²) in [5.41, 5.74) is 6.17. The number of benzene rings is 1. The zero-order valence-electron chi connectivity index (χ0n) is 15.3. The Labute approximate surface area is 160 Å². The number of amidine groups is 1. The van der Waals surface area contributed by atoms with Crippen LogP contribution in [0.4, 0.5) is 15.8 Å². The lowest BCUT2D eigenvalue weighted by Crippen LogP contribution is -2.17. The van der Waals surface area contributed by atoms with Gasteiger partial charge in [0, 0.05) is 5.69 Å². The lowest BCUT2D eigenvalue weighted by Gasteiger charge is -2.09. The Kier molecular flexibility index (Phi) is 5.73. The molecule has 8 nitrogen and oxygen atoms in total. The maximum atomic E-state index is 14.1. The number of hydrogen-bond donors (Lipinski definition) is 2. The summed E-state index contributed by atoms with van der Waals surface area (Å²) >= 11 is 0. The van der Waals surface area contributed by atoms with E-state index < -0.39 is 11.7 Å². The van der Waals surface area contributed by atoms with E-state index in [1.165, 1.54) is 43.8 Å². The van der Waals surface area contributed by atoms with Gasteiger partial charge < -0.3 is 25.3 Å². The van der Waals surface area contributed by atoms with E-state index >= 15 is 0 Å². The molecule has 3 N–H and O–H groups in total. The topological polar surface area (TPSA) is 108 Å². The summed E-state index contributed by atoms with van der Waals surface area (Å²) in [4.78, 5) is 20.2. The van der Waals surface area contributed by atoms with Gasteiger partial charge in [-0.3, -0.25) is 4.79 Å². The summed E-state index contributed by atoms with van der Waals surface area (Å²) in [5, 5.41) is 2.63. The van der Waals surface area contributed by atoms with E-state index in [0.717, 1.165) is 0 Å². The third-order valence-corrected chi connectivity index (χ3v) is 3.89. The number of carbonyl (C=O) groups excluding carboxylic acids is 1. The smallest absolute Gasteiger partial charge is 0.292 e. The van der Waals surface area contributed by atoms with Crippen LogP contribution < -0.4 is 15.8 Å². The van der Waals surface area contributed by atoms with E-state index in [9.17, 15) is 9.18 Å². The van der Waals surface area contributed by atoms with E-state index in [0.29, 0.717) is 23.8 Å². The zero-order valence-corrected chi connectivity index (χ0v) is 15.3. The Bertz CT molecular complexity index is 928. The van der Waals surface area contributed by atoms with Crippen LogP contribution in [0, 0.1) is 11.7 Å². The number of nitrogens with two attached hydrogens (primary N) is 1. The summed E-state index contributed by atoms with van der Waals surface area (Å²) < 4.78 is 29.6. The first-order valence-electron chi connectivity index (χ1n) is 8.41. The van der Waals surface area contributed by atoms with Gasteiger partial charge in [0.25, 0.3) is 11.9 Å². The second-order valence-corrected chi connectivity index (χ2v) is 6.01. The van der Waals surface area contributed by atoms with E-state index in [1.807, 2.05) is 6.92 Å². The van der Waals surface area contributed by atoms with E-state index in [-0.39, 0.29) is 23.3 Å². The van der Waals surface area contributed by atoms with Crippen LogP contribution in [-0.2, 0) is 9.47 Å². The van der Waals surface area contributed by atoms with Gasteiger partial charge in [-0.2, -0.15) is 4.99 Å². The van der Waals surface area contributed by atoms with Gasteiger partial charge in [0.05, 0.1) is 25.8 Å². The summed E-state index contributed by atoms with van der Waals surface area (Å²) in [5.74, 6) is -0.00671. The van der Waals surface area contributed by atoms with Crippen LogP contribution in [0.25, 0.3) is 0 Å². The Morgan fingerprint density at radius 3 is 2.86 bits per heavy atom. The average molecular weight is 386 g/mol. The van der Waals surface area contributed by atoms with Crippen LogP contribution in [0.15, 0.2) is 53.5 Å². The Balaban J connectivity index is 1.73. The molecule has 0 fully saturated rings. The molecule has 0 aliphatic carbocycles. The molecule has 0 saturated carbocycles. The minimum Gasteiger partial charge on any atom is -0.497 e. The van der Waals surface area contributed by atoms with Gasteiger partial charge in [0.15, 0.2) is 0 Å². The SMILES string of the molecule is COc1ccc(C(=O)Nc2ccc(F)c(/N=C(/N)OC3=COC[C@@H]3C)c2)nc1.